The van der Waals surface area contributed by atoms with E-state index in [4.69, 9.17) is 10.5 Å². The monoisotopic (exact) mass is 255 g/mol. The first kappa shape index (κ1) is 14.3. The van der Waals surface area contributed by atoms with Crippen LogP contribution in [-0.2, 0) is 10.2 Å². The van der Waals surface area contributed by atoms with Gasteiger partial charge in [0.25, 0.3) is 0 Å². The molecule has 0 aliphatic heterocycles. The van der Waals surface area contributed by atoms with E-state index in [2.05, 4.69) is 30.7 Å². The number of methoxy groups -OCH3 is 1. The predicted molar refractivity (Wildman–Crippen MR) is 72.5 cm³/mol. The Morgan fingerprint density at radius 2 is 1.94 bits per heavy atom. The lowest BCUT2D eigenvalue weighted by atomic mass is 9.95. The lowest BCUT2D eigenvalue weighted by Gasteiger charge is -2.19. The van der Waals surface area contributed by atoms with Crippen molar-refractivity contribution in [3.63, 3.8) is 0 Å². The smallest absolute Gasteiger partial charge is 0.137 e. The number of hydrogen-bond acceptors (Lipinski definition) is 5. The van der Waals surface area contributed by atoms with Crippen LogP contribution in [0.25, 0.3) is 0 Å². The molecule has 0 aliphatic rings. The first-order chi connectivity index (χ1) is 7.86. The van der Waals surface area contributed by atoms with E-state index in [1.54, 1.807) is 18.9 Å². The van der Waals surface area contributed by atoms with E-state index in [0.717, 1.165) is 22.2 Å². The molecule has 2 N–H and O–H groups in total. The lowest BCUT2D eigenvalue weighted by molar-refractivity contribution is 0.218. The van der Waals surface area contributed by atoms with Crippen molar-refractivity contribution in [2.75, 3.05) is 25.2 Å². The number of rotatable bonds is 4. The summed E-state index contributed by atoms with van der Waals surface area (Å²) in [5.74, 6) is 2.24. The highest BCUT2D eigenvalue weighted by molar-refractivity contribution is 7.99. The molecule has 1 aromatic rings. The SMILES string of the molecule is COCCSc1nc(C(C)(C)C)nc(N)c1C. The summed E-state index contributed by atoms with van der Waals surface area (Å²) in [4.78, 5) is 8.95. The fraction of sp³-hybridized carbons (Fsp3) is 0.667. The number of nitrogens with zero attached hydrogens (tertiary/aromatic N) is 2. The van der Waals surface area contributed by atoms with Crippen LogP contribution in [0.15, 0.2) is 5.03 Å². The zero-order valence-electron chi connectivity index (χ0n) is 11.2. The van der Waals surface area contributed by atoms with Crippen LogP contribution in [0, 0.1) is 6.92 Å². The Morgan fingerprint density at radius 3 is 2.47 bits per heavy atom. The summed E-state index contributed by atoms with van der Waals surface area (Å²) < 4.78 is 5.04. The van der Waals surface area contributed by atoms with Gasteiger partial charge in [-0.2, -0.15) is 0 Å². The van der Waals surface area contributed by atoms with Gasteiger partial charge in [-0.05, 0) is 6.92 Å². The zero-order valence-corrected chi connectivity index (χ0v) is 12.0. The van der Waals surface area contributed by atoms with E-state index in [0.29, 0.717) is 12.4 Å². The van der Waals surface area contributed by atoms with Gasteiger partial charge in [0.05, 0.1) is 6.61 Å². The molecule has 0 atom stereocenters. The average Bonchev–Trinajstić information content (AvgIpc) is 2.22. The Bertz CT molecular complexity index is 388. The summed E-state index contributed by atoms with van der Waals surface area (Å²) in [6.07, 6.45) is 0. The number of nitrogen functional groups attached to an aromatic ring is 1. The van der Waals surface area contributed by atoms with Gasteiger partial charge in [0.15, 0.2) is 0 Å². The molecule has 17 heavy (non-hydrogen) atoms. The number of hydrogen-bond donors (Lipinski definition) is 1. The summed E-state index contributed by atoms with van der Waals surface area (Å²) in [6.45, 7) is 8.91. The molecule has 0 spiro atoms. The second-order valence-electron chi connectivity index (χ2n) is 4.95. The summed E-state index contributed by atoms with van der Waals surface area (Å²) >= 11 is 1.66. The summed E-state index contributed by atoms with van der Waals surface area (Å²) in [5.41, 5.74) is 6.80. The van der Waals surface area contributed by atoms with Crippen molar-refractivity contribution in [2.24, 2.45) is 0 Å². The third-order valence-electron chi connectivity index (χ3n) is 2.34. The third-order valence-corrected chi connectivity index (χ3v) is 3.38. The molecule has 0 aliphatic carbocycles. The molecular formula is C12H21N3OS. The molecule has 0 radical (unpaired) electrons. The number of ether oxygens (including phenoxy) is 1. The maximum Gasteiger partial charge on any atom is 0.137 e. The molecule has 1 rings (SSSR count). The van der Waals surface area contributed by atoms with Crippen molar-refractivity contribution < 1.29 is 4.74 Å². The molecule has 4 nitrogen and oxygen atoms in total. The maximum absolute atomic E-state index is 5.93. The predicted octanol–water partition coefficient (Wildman–Crippen LogP) is 2.40. The van der Waals surface area contributed by atoms with E-state index >= 15 is 0 Å². The fourth-order valence-electron chi connectivity index (χ4n) is 1.21. The summed E-state index contributed by atoms with van der Waals surface area (Å²) in [6, 6.07) is 0. The van der Waals surface area contributed by atoms with Crippen LogP contribution in [0.1, 0.15) is 32.2 Å². The van der Waals surface area contributed by atoms with Gasteiger partial charge in [-0.25, -0.2) is 9.97 Å². The topological polar surface area (TPSA) is 61.0 Å². The minimum Gasteiger partial charge on any atom is -0.384 e. The molecule has 0 bridgehead atoms. The van der Waals surface area contributed by atoms with Gasteiger partial charge in [0.2, 0.25) is 0 Å². The van der Waals surface area contributed by atoms with Crippen LogP contribution in [-0.4, -0.2) is 29.4 Å². The van der Waals surface area contributed by atoms with E-state index in [-0.39, 0.29) is 5.41 Å². The fourth-order valence-corrected chi connectivity index (χ4v) is 2.13. The number of anilines is 1. The van der Waals surface area contributed by atoms with Crippen molar-refractivity contribution in [3.05, 3.63) is 11.4 Å². The Hall–Kier alpha value is -0.810. The molecule has 96 valence electrons. The highest BCUT2D eigenvalue weighted by atomic mass is 32.2. The molecule has 0 aromatic carbocycles. The first-order valence-corrected chi connectivity index (χ1v) is 6.61. The van der Waals surface area contributed by atoms with E-state index < -0.39 is 0 Å². The quantitative estimate of drug-likeness (QED) is 0.508. The van der Waals surface area contributed by atoms with Gasteiger partial charge < -0.3 is 10.5 Å². The Morgan fingerprint density at radius 1 is 1.29 bits per heavy atom. The summed E-state index contributed by atoms with van der Waals surface area (Å²) in [7, 11) is 1.70. The van der Waals surface area contributed by atoms with E-state index in [9.17, 15) is 0 Å². The van der Waals surface area contributed by atoms with Crippen LogP contribution in [0.5, 0.6) is 0 Å². The van der Waals surface area contributed by atoms with Crippen LogP contribution in [0.3, 0.4) is 0 Å². The largest absolute Gasteiger partial charge is 0.384 e. The molecule has 1 heterocycles. The van der Waals surface area contributed by atoms with Crippen LogP contribution >= 0.6 is 11.8 Å². The third kappa shape index (κ3) is 3.85. The van der Waals surface area contributed by atoms with Gasteiger partial charge in [-0.3, -0.25) is 0 Å². The Kier molecular flexibility index (Phi) is 4.77. The maximum atomic E-state index is 5.93. The lowest BCUT2D eigenvalue weighted by Crippen LogP contribution is -2.18. The van der Waals surface area contributed by atoms with Gasteiger partial charge >= 0.3 is 0 Å². The molecule has 0 fully saturated rings. The highest BCUT2D eigenvalue weighted by Crippen LogP contribution is 2.27. The average molecular weight is 255 g/mol. The van der Waals surface area contributed by atoms with Crippen LogP contribution in [0.4, 0.5) is 5.82 Å². The first-order valence-electron chi connectivity index (χ1n) is 5.62. The van der Waals surface area contributed by atoms with Gasteiger partial charge in [0.1, 0.15) is 16.7 Å². The Labute approximate surface area is 107 Å². The second-order valence-corrected chi connectivity index (χ2v) is 6.04. The highest BCUT2D eigenvalue weighted by Gasteiger charge is 2.20. The second kappa shape index (κ2) is 5.69. The Balaban J connectivity index is 2.99. The van der Waals surface area contributed by atoms with E-state index in [1.807, 2.05) is 6.92 Å². The molecule has 5 heteroatoms. The van der Waals surface area contributed by atoms with Crippen molar-refractivity contribution in [1.82, 2.24) is 9.97 Å². The zero-order chi connectivity index (χ0) is 13.1. The summed E-state index contributed by atoms with van der Waals surface area (Å²) in [5, 5.41) is 0.958. The normalized spacial score (nSPS) is 11.8. The molecule has 0 saturated heterocycles. The van der Waals surface area contributed by atoms with Crippen molar-refractivity contribution >= 4 is 17.6 Å². The van der Waals surface area contributed by atoms with Gasteiger partial charge in [-0.15, -0.1) is 11.8 Å². The molecule has 0 unspecified atom stereocenters. The van der Waals surface area contributed by atoms with Gasteiger partial charge in [0, 0.05) is 23.8 Å². The number of nitrogens with two attached hydrogens (primary N) is 1. The van der Waals surface area contributed by atoms with E-state index in [1.165, 1.54) is 0 Å². The number of thioether (sulfide) groups is 1. The van der Waals surface area contributed by atoms with Crippen LogP contribution < -0.4 is 5.73 Å². The molecule has 0 amide bonds. The van der Waals surface area contributed by atoms with Gasteiger partial charge in [-0.1, -0.05) is 20.8 Å². The van der Waals surface area contributed by atoms with Crippen molar-refractivity contribution in [3.8, 4) is 0 Å². The minimum absolute atomic E-state index is 0.0849. The standard InChI is InChI=1S/C12H21N3OS/c1-8-9(13)14-11(12(2,3)4)15-10(8)17-7-6-16-5/h6-7H2,1-5H3,(H2,13,14,15). The van der Waals surface area contributed by atoms with Crippen LogP contribution in [0.2, 0.25) is 0 Å². The molecule has 0 saturated carbocycles. The molecule has 1 aromatic heterocycles. The van der Waals surface area contributed by atoms with Crippen molar-refractivity contribution in [2.45, 2.75) is 38.1 Å². The number of aromatic nitrogens is 2. The molecular weight excluding hydrogens is 234 g/mol. The van der Waals surface area contributed by atoms with Crippen molar-refractivity contribution in [1.29, 1.82) is 0 Å². The minimum atomic E-state index is -0.0849.